The van der Waals surface area contributed by atoms with E-state index in [0.717, 1.165) is 23.4 Å². The quantitative estimate of drug-likeness (QED) is 0.795. The van der Waals surface area contributed by atoms with Gasteiger partial charge in [-0.2, -0.15) is 0 Å². The standard InChI is InChI=1S/C17H12BrF3N4O2/c18-8-1-10-14(11(20)2-8)15(27)25(7-17(10)3-12(17)21)6-13(26)24-16-22-4-9(19)5-23-16/h1-2,4-5,12H,3,6-7H2,(H,22,23,24,26)/t12-,17+/m1/s1. The highest BCUT2D eigenvalue weighted by atomic mass is 79.9. The number of hydrogen-bond acceptors (Lipinski definition) is 4. The third-order valence-electron chi connectivity index (χ3n) is 4.75. The second-order valence-corrected chi connectivity index (χ2v) is 7.49. The van der Waals surface area contributed by atoms with Crippen molar-refractivity contribution in [1.82, 2.24) is 14.9 Å². The van der Waals surface area contributed by atoms with Gasteiger partial charge in [-0.3, -0.25) is 14.9 Å². The van der Waals surface area contributed by atoms with Gasteiger partial charge in [0, 0.05) is 16.4 Å². The van der Waals surface area contributed by atoms with E-state index >= 15 is 0 Å². The Bertz CT molecular complexity index is 956. The van der Waals surface area contributed by atoms with Crippen molar-refractivity contribution in [3.63, 3.8) is 0 Å². The molecule has 1 spiro atoms. The molecule has 1 aromatic carbocycles. The maximum Gasteiger partial charge on any atom is 0.257 e. The van der Waals surface area contributed by atoms with Crippen LogP contribution in [0.25, 0.3) is 0 Å². The molecular formula is C17H12BrF3N4O2. The fourth-order valence-electron chi connectivity index (χ4n) is 3.38. The van der Waals surface area contributed by atoms with E-state index in [1.54, 1.807) is 6.07 Å². The van der Waals surface area contributed by atoms with Gasteiger partial charge in [-0.1, -0.05) is 15.9 Å². The average Bonchev–Trinajstić information content (AvgIpc) is 3.24. The third kappa shape index (κ3) is 3.07. The van der Waals surface area contributed by atoms with Gasteiger partial charge in [-0.05, 0) is 24.1 Å². The van der Waals surface area contributed by atoms with Gasteiger partial charge in [-0.15, -0.1) is 0 Å². The Morgan fingerprint density at radius 2 is 2.00 bits per heavy atom. The zero-order valence-corrected chi connectivity index (χ0v) is 15.3. The Morgan fingerprint density at radius 3 is 2.63 bits per heavy atom. The van der Waals surface area contributed by atoms with Crippen molar-refractivity contribution < 1.29 is 22.8 Å². The van der Waals surface area contributed by atoms with Crippen LogP contribution in [0.2, 0.25) is 0 Å². The normalized spacial score (nSPS) is 23.3. The number of carbonyl (C=O) groups excluding carboxylic acids is 2. The fourth-order valence-corrected chi connectivity index (χ4v) is 3.81. The molecule has 2 heterocycles. The lowest BCUT2D eigenvalue weighted by Crippen LogP contribution is -2.48. The highest BCUT2D eigenvalue weighted by molar-refractivity contribution is 9.10. The monoisotopic (exact) mass is 440 g/mol. The average molecular weight is 441 g/mol. The molecule has 1 saturated carbocycles. The van der Waals surface area contributed by atoms with Crippen LogP contribution in [0.15, 0.2) is 29.0 Å². The van der Waals surface area contributed by atoms with E-state index in [4.69, 9.17) is 0 Å². The third-order valence-corrected chi connectivity index (χ3v) is 5.21. The smallest absolute Gasteiger partial charge is 0.257 e. The van der Waals surface area contributed by atoms with Crippen LogP contribution in [0.4, 0.5) is 19.1 Å². The second kappa shape index (κ2) is 6.29. The summed E-state index contributed by atoms with van der Waals surface area (Å²) in [6.45, 7) is -0.462. The molecule has 6 nitrogen and oxygen atoms in total. The summed E-state index contributed by atoms with van der Waals surface area (Å²) in [5.41, 5.74) is -0.888. The van der Waals surface area contributed by atoms with Crippen molar-refractivity contribution in [2.24, 2.45) is 0 Å². The Labute approximate surface area is 159 Å². The zero-order chi connectivity index (χ0) is 19.3. The summed E-state index contributed by atoms with van der Waals surface area (Å²) >= 11 is 3.17. The molecule has 2 aliphatic rings. The number of aromatic nitrogens is 2. The first-order valence-corrected chi connectivity index (χ1v) is 8.80. The van der Waals surface area contributed by atoms with Gasteiger partial charge >= 0.3 is 0 Å². The second-order valence-electron chi connectivity index (χ2n) is 6.57. The van der Waals surface area contributed by atoms with Crippen molar-refractivity contribution in [3.05, 3.63) is 51.8 Å². The van der Waals surface area contributed by atoms with Gasteiger partial charge in [0.1, 0.15) is 18.5 Å². The number of alkyl halides is 1. The highest BCUT2D eigenvalue weighted by Gasteiger charge is 2.61. The van der Waals surface area contributed by atoms with Gasteiger partial charge in [-0.25, -0.2) is 23.1 Å². The number of nitrogens with zero attached hydrogens (tertiary/aromatic N) is 3. The number of hydrogen-bond donors (Lipinski definition) is 1. The first-order valence-electron chi connectivity index (χ1n) is 8.00. The Hall–Kier alpha value is -2.49. The molecule has 2 amide bonds. The van der Waals surface area contributed by atoms with Crippen LogP contribution in [-0.4, -0.2) is 45.9 Å². The number of rotatable bonds is 3. The van der Waals surface area contributed by atoms with E-state index in [1.165, 1.54) is 0 Å². The molecule has 1 fully saturated rings. The number of fused-ring (bicyclic) bond motifs is 2. The topological polar surface area (TPSA) is 75.2 Å². The van der Waals surface area contributed by atoms with E-state index in [9.17, 15) is 22.8 Å². The minimum Gasteiger partial charge on any atom is -0.328 e. The van der Waals surface area contributed by atoms with Crippen molar-refractivity contribution in [2.75, 3.05) is 18.4 Å². The van der Waals surface area contributed by atoms with Crippen LogP contribution in [0.5, 0.6) is 0 Å². The van der Waals surface area contributed by atoms with Crippen molar-refractivity contribution in [3.8, 4) is 0 Å². The van der Waals surface area contributed by atoms with Gasteiger partial charge < -0.3 is 4.90 Å². The first kappa shape index (κ1) is 17.9. The highest BCUT2D eigenvalue weighted by Crippen LogP contribution is 2.55. The molecule has 1 aromatic heterocycles. The maximum absolute atomic E-state index is 14.4. The summed E-state index contributed by atoms with van der Waals surface area (Å²) in [6.07, 6.45) is 0.697. The largest absolute Gasteiger partial charge is 0.328 e. The summed E-state index contributed by atoms with van der Waals surface area (Å²) in [6, 6.07) is 2.69. The van der Waals surface area contributed by atoms with E-state index in [-0.39, 0.29) is 24.5 Å². The fraction of sp³-hybridized carbons (Fsp3) is 0.294. The number of nitrogens with one attached hydrogen (secondary N) is 1. The zero-order valence-electron chi connectivity index (χ0n) is 13.7. The van der Waals surface area contributed by atoms with Gasteiger partial charge in [0.25, 0.3) is 5.91 Å². The number of halogens is 4. The summed E-state index contributed by atoms with van der Waals surface area (Å²) in [7, 11) is 0. The van der Waals surface area contributed by atoms with Crippen molar-refractivity contribution >= 4 is 33.7 Å². The van der Waals surface area contributed by atoms with Gasteiger partial charge in [0.2, 0.25) is 11.9 Å². The van der Waals surface area contributed by atoms with Crippen LogP contribution >= 0.6 is 15.9 Å². The minimum atomic E-state index is -1.22. The van der Waals surface area contributed by atoms with Crippen LogP contribution in [0, 0.1) is 11.6 Å². The Kier molecular flexibility index (Phi) is 4.17. The lowest BCUT2D eigenvalue weighted by atomic mass is 9.86. The molecule has 2 aromatic rings. The number of anilines is 1. The van der Waals surface area contributed by atoms with Crippen LogP contribution in [0.1, 0.15) is 22.3 Å². The molecule has 0 unspecified atom stereocenters. The van der Waals surface area contributed by atoms with Crippen LogP contribution in [-0.2, 0) is 10.2 Å². The van der Waals surface area contributed by atoms with E-state index in [0.29, 0.717) is 10.0 Å². The molecule has 0 radical (unpaired) electrons. The SMILES string of the molecule is O=C(CN1C[C@@]2(C[C@H]2F)c2cc(Br)cc(F)c2C1=O)Nc1ncc(F)cn1. The molecule has 140 valence electrons. The predicted molar refractivity (Wildman–Crippen MR) is 91.8 cm³/mol. The predicted octanol–water partition coefficient (Wildman–Crippen LogP) is 2.59. The summed E-state index contributed by atoms with van der Waals surface area (Å²) < 4.78 is 41.8. The minimum absolute atomic E-state index is 0.0341. The molecular weight excluding hydrogens is 429 g/mol. The number of carbonyl (C=O) groups is 2. The maximum atomic E-state index is 14.4. The van der Waals surface area contributed by atoms with Crippen LogP contribution in [0.3, 0.4) is 0 Å². The lowest BCUT2D eigenvalue weighted by molar-refractivity contribution is -0.117. The Balaban J connectivity index is 1.58. The van der Waals surface area contributed by atoms with E-state index in [2.05, 4.69) is 31.2 Å². The molecule has 0 bridgehead atoms. The van der Waals surface area contributed by atoms with Crippen molar-refractivity contribution in [2.45, 2.75) is 18.0 Å². The molecule has 4 rings (SSSR count). The summed E-state index contributed by atoms with van der Waals surface area (Å²) in [5.74, 6) is -2.90. The summed E-state index contributed by atoms with van der Waals surface area (Å²) in [4.78, 5) is 33.2. The molecule has 1 N–H and O–H groups in total. The number of benzene rings is 1. The molecule has 1 aliphatic heterocycles. The molecule has 1 aliphatic carbocycles. The number of amides is 2. The molecule has 27 heavy (non-hydrogen) atoms. The molecule has 2 atom stereocenters. The van der Waals surface area contributed by atoms with Crippen molar-refractivity contribution in [1.29, 1.82) is 0 Å². The van der Waals surface area contributed by atoms with E-state index < -0.39 is 41.6 Å². The van der Waals surface area contributed by atoms with E-state index in [1.807, 2.05) is 0 Å². The first-order chi connectivity index (χ1) is 12.8. The van der Waals surface area contributed by atoms with Crippen LogP contribution < -0.4 is 5.32 Å². The Morgan fingerprint density at radius 1 is 1.33 bits per heavy atom. The van der Waals surface area contributed by atoms with Gasteiger partial charge in [0.05, 0.1) is 18.0 Å². The lowest BCUT2D eigenvalue weighted by Gasteiger charge is -2.34. The van der Waals surface area contributed by atoms with Gasteiger partial charge in [0.15, 0.2) is 5.82 Å². The molecule has 10 heteroatoms. The molecule has 0 saturated heterocycles. The summed E-state index contributed by atoms with van der Waals surface area (Å²) in [5, 5.41) is 2.33.